The standard InChI is InChI=1S/C24H38N2O6/c1-8-12-25(22(4,5)6)20(29)18-24-11-10-23(7,32-24)17(21(30)31)16(24)19(28)26(18)15(13-27)14(3)9-2/h8,14-18,27H,1,9-13H2,2-7H3,(H,30,31)/t14-,15-,16-,17-,18?,23+,24?/m0/s1. The highest BCUT2D eigenvalue weighted by Gasteiger charge is 2.79. The maximum atomic E-state index is 14.2. The van der Waals surface area contributed by atoms with Gasteiger partial charge in [-0.05, 0) is 46.5 Å². The second-order valence-electron chi connectivity index (χ2n) is 10.9. The summed E-state index contributed by atoms with van der Waals surface area (Å²) in [5.41, 5.74) is -2.75. The fourth-order valence-corrected chi connectivity index (χ4v) is 6.16. The van der Waals surface area contributed by atoms with Gasteiger partial charge in [-0.15, -0.1) is 6.58 Å². The average Bonchev–Trinajstić information content (AvgIpc) is 3.26. The van der Waals surface area contributed by atoms with Crippen LogP contribution in [0.5, 0.6) is 0 Å². The number of carbonyl (C=O) groups excluding carboxylic acids is 2. The number of fused-ring (bicyclic) bond motifs is 1. The summed E-state index contributed by atoms with van der Waals surface area (Å²) in [5, 5.41) is 20.3. The first-order valence-corrected chi connectivity index (χ1v) is 11.6. The zero-order valence-electron chi connectivity index (χ0n) is 20.1. The third-order valence-corrected chi connectivity index (χ3v) is 7.95. The van der Waals surface area contributed by atoms with Gasteiger partial charge in [0, 0.05) is 12.1 Å². The maximum absolute atomic E-state index is 14.2. The van der Waals surface area contributed by atoms with Crippen molar-refractivity contribution in [1.82, 2.24) is 9.80 Å². The first kappa shape index (κ1) is 24.7. The average molecular weight is 451 g/mol. The lowest BCUT2D eigenvalue weighted by Crippen LogP contribution is -2.62. The Kier molecular flexibility index (Phi) is 6.28. The minimum atomic E-state index is -1.21. The molecule has 0 aliphatic carbocycles. The number of nitrogens with zero attached hydrogens (tertiary/aromatic N) is 2. The minimum Gasteiger partial charge on any atom is -0.481 e. The van der Waals surface area contributed by atoms with E-state index in [1.54, 1.807) is 17.9 Å². The van der Waals surface area contributed by atoms with E-state index in [1.165, 1.54) is 4.90 Å². The Morgan fingerprint density at radius 2 is 2.00 bits per heavy atom. The molecule has 2 bridgehead atoms. The lowest BCUT2D eigenvalue weighted by molar-refractivity contribution is -0.161. The number of amides is 2. The number of rotatable bonds is 8. The highest BCUT2D eigenvalue weighted by Crippen LogP contribution is 2.63. The zero-order valence-corrected chi connectivity index (χ0v) is 20.1. The van der Waals surface area contributed by atoms with Crippen molar-refractivity contribution < 1.29 is 29.3 Å². The molecule has 2 N–H and O–H groups in total. The van der Waals surface area contributed by atoms with Gasteiger partial charge in [-0.1, -0.05) is 26.3 Å². The van der Waals surface area contributed by atoms with Crippen LogP contribution in [0.15, 0.2) is 12.7 Å². The molecule has 3 fully saturated rings. The van der Waals surface area contributed by atoms with Gasteiger partial charge in [-0.3, -0.25) is 14.4 Å². The van der Waals surface area contributed by atoms with Crippen molar-refractivity contribution in [2.24, 2.45) is 17.8 Å². The fraction of sp³-hybridized carbons (Fsp3) is 0.792. The molecule has 0 aromatic heterocycles. The number of hydrogen-bond donors (Lipinski definition) is 2. The summed E-state index contributed by atoms with van der Waals surface area (Å²) >= 11 is 0. The number of aliphatic hydroxyl groups is 1. The molecule has 3 saturated heterocycles. The van der Waals surface area contributed by atoms with Crippen molar-refractivity contribution in [3.05, 3.63) is 12.7 Å². The van der Waals surface area contributed by atoms with Crippen molar-refractivity contribution in [3.63, 3.8) is 0 Å². The van der Waals surface area contributed by atoms with Crippen LogP contribution in [0.1, 0.15) is 60.8 Å². The molecule has 3 aliphatic rings. The molecule has 0 aromatic rings. The Balaban J connectivity index is 2.20. The van der Waals surface area contributed by atoms with Crippen molar-refractivity contribution in [1.29, 1.82) is 0 Å². The van der Waals surface area contributed by atoms with Crippen LogP contribution in [0.3, 0.4) is 0 Å². The van der Waals surface area contributed by atoms with Crippen LogP contribution in [0, 0.1) is 17.8 Å². The van der Waals surface area contributed by atoms with Crippen LogP contribution in [0.2, 0.25) is 0 Å². The van der Waals surface area contributed by atoms with Gasteiger partial charge >= 0.3 is 5.97 Å². The molecule has 0 saturated carbocycles. The highest BCUT2D eigenvalue weighted by molar-refractivity contribution is 5.98. The second-order valence-corrected chi connectivity index (χ2v) is 10.9. The van der Waals surface area contributed by atoms with E-state index in [1.807, 2.05) is 34.6 Å². The normalized spacial score (nSPS) is 35.5. The summed E-state index contributed by atoms with van der Waals surface area (Å²) in [7, 11) is 0. The highest BCUT2D eigenvalue weighted by atomic mass is 16.5. The molecule has 2 amide bonds. The molecule has 32 heavy (non-hydrogen) atoms. The molecule has 8 heteroatoms. The van der Waals surface area contributed by atoms with E-state index in [4.69, 9.17) is 4.74 Å². The van der Waals surface area contributed by atoms with Gasteiger partial charge in [0.05, 0.1) is 30.1 Å². The topological polar surface area (TPSA) is 107 Å². The van der Waals surface area contributed by atoms with Crippen LogP contribution in [-0.4, -0.2) is 79.8 Å². The number of hydrogen-bond acceptors (Lipinski definition) is 5. The number of aliphatic hydroxyl groups excluding tert-OH is 1. The van der Waals surface area contributed by atoms with Gasteiger partial charge in [0.2, 0.25) is 11.8 Å². The number of likely N-dealkylation sites (tertiary alicyclic amines) is 1. The summed E-state index contributed by atoms with van der Waals surface area (Å²) < 4.78 is 6.43. The predicted molar refractivity (Wildman–Crippen MR) is 119 cm³/mol. The first-order chi connectivity index (χ1) is 14.8. The molecular formula is C24H38N2O6. The molecule has 0 aromatic carbocycles. The van der Waals surface area contributed by atoms with Crippen molar-refractivity contribution in [3.8, 4) is 0 Å². The van der Waals surface area contributed by atoms with E-state index < -0.39 is 52.5 Å². The molecule has 3 rings (SSSR count). The maximum Gasteiger partial charge on any atom is 0.310 e. The van der Waals surface area contributed by atoms with Crippen LogP contribution in [-0.2, 0) is 19.1 Å². The quantitative estimate of drug-likeness (QED) is 0.548. The van der Waals surface area contributed by atoms with E-state index in [9.17, 15) is 24.6 Å². The molecule has 0 radical (unpaired) electrons. The lowest BCUT2D eigenvalue weighted by Gasteiger charge is -2.44. The molecule has 7 atom stereocenters. The Morgan fingerprint density at radius 1 is 1.38 bits per heavy atom. The molecule has 180 valence electrons. The Hall–Kier alpha value is -1.93. The third-order valence-electron chi connectivity index (χ3n) is 7.95. The molecular weight excluding hydrogens is 412 g/mol. The van der Waals surface area contributed by atoms with Crippen LogP contribution in [0.25, 0.3) is 0 Å². The van der Waals surface area contributed by atoms with E-state index in [-0.39, 0.29) is 25.0 Å². The van der Waals surface area contributed by atoms with Gasteiger partial charge in [-0.25, -0.2) is 0 Å². The lowest BCUT2D eigenvalue weighted by atomic mass is 9.66. The smallest absolute Gasteiger partial charge is 0.310 e. The monoisotopic (exact) mass is 450 g/mol. The predicted octanol–water partition coefficient (Wildman–Crippen LogP) is 2.06. The molecule has 2 unspecified atom stereocenters. The third kappa shape index (κ3) is 3.37. The summed E-state index contributed by atoms with van der Waals surface area (Å²) in [6.45, 7) is 15.1. The molecule has 8 nitrogen and oxygen atoms in total. The van der Waals surface area contributed by atoms with Gasteiger partial charge in [0.1, 0.15) is 11.6 Å². The van der Waals surface area contributed by atoms with E-state index >= 15 is 0 Å². The van der Waals surface area contributed by atoms with Crippen molar-refractivity contribution in [2.75, 3.05) is 13.2 Å². The largest absolute Gasteiger partial charge is 0.481 e. The Labute approximate surface area is 190 Å². The van der Waals surface area contributed by atoms with Gasteiger partial charge < -0.3 is 24.7 Å². The molecule has 1 spiro atoms. The first-order valence-electron chi connectivity index (χ1n) is 11.6. The second kappa shape index (κ2) is 8.13. The van der Waals surface area contributed by atoms with E-state index in [0.29, 0.717) is 19.3 Å². The van der Waals surface area contributed by atoms with E-state index in [0.717, 1.165) is 0 Å². The number of carbonyl (C=O) groups is 3. The van der Waals surface area contributed by atoms with Crippen LogP contribution >= 0.6 is 0 Å². The fourth-order valence-electron chi connectivity index (χ4n) is 6.16. The van der Waals surface area contributed by atoms with E-state index in [2.05, 4.69) is 6.58 Å². The van der Waals surface area contributed by atoms with Crippen LogP contribution < -0.4 is 0 Å². The van der Waals surface area contributed by atoms with Crippen LogP contribution in [0.4, 0.5) is 0 Å². The zero-order chi connectivity index (χ0) is 24.2. The van der Waals surface area contributed by atoms with Gasteiger partial charge in [0.15, 0.2) is 0 Å². The Morgan fingerprint density at radius 3 is 2.47 bits per heavy atom. The van der Waals surface area contributed by atoms with Crippen molar-refractivity contribution in [2.45, 2.75) is 89.6 Å². The number of carboxylic acid groups (broad SMARTS) is 1. The number of ether oxygens (including phenoxy) is 1. The number of aliphatic carboxylic acids is 1. The van der Waals surface area contributed by atoms with Gasteiger partial charge in [0.25, 0.3) is 0 Å². The minimum absolute atomic E-state index is 0.0759. The summed E-state index contributed by atoms with van der Waals surface area (Å²) in [6.07, 6.45) is 3.24. The summed E-state index contributed by atoms with van der Waals surface area (Å²) in [6, 6.07) is -1.59. The molecule has 3 heterocycles. The number of carboxylic acids is 1. The summed E-state index contributed by atoms with van der Waals surface area (Å²) in [5.74, 6) is -3.81. The van der Waals surface area contributed by atoms with Crippen molar-refractivity contribution >= 4 is 17.8 Å². The Bertz CT molecular complexity index is 807. The SMILES string of the molecule is C=CCN(C(=O)C1N([C@@H](CO)[C@@H](C)CC)C(=O)[C@@H]2[C@@H](C(=O)O)[C@@]3(C)CCC12O3)C(C)(C)C. The van der Waals surface area contributed by atoms with Gasteiger partial charge in [-0.2, -0.15) is 0 Å². The summed E-state index contributed by atoms with van der Waals surface area (Å²) in [4.78, 5) is 43.4. The molecule has 3 aliphatic heterocycles.